The van der Waals surface area contributed by atoms with Crippen molar-refractivity contribution < 1.29 is 14.3 Å². The first-order valence-electron chi connectivity index (χ1n) is 7.42. The second kappa shape index (κ2) is 9.07. The molecule has 0 aliphatic carbocycles. The zero-order valence-corrected chi connectivity index (χ0v) is 13.8. The van der Waals surface area contributed by atoms with Crippen molar-refractivity contribution in [2.45, 2.75) is 19.6 Å². The lowest BCUT2D eigenvalue weighted by molar-refractivity contribution is -0.132. The fourth-order valence-corrected chi connectivity index (χ4v) is 2.51. The lowest BCUT2D eigenvalue weighted by atomic mass is 10.2. The first kappa shape index (κ1) is 17.2. The van der Waals surface area contributed by atoms with Crippen LogP contribution >= 0.6 is 11.3 Å². The summed E-state index contributed by atoms with van der Waals surface area (Å²) in [6.45, 7) is 2.86. The normalized spacial score (nSPS) is 11.7. The smallest absolute Gasteiger partial charge is 0.261 e. The van der Waals surface area contributed by atoms with Crippen molar-refractivity contribution in [3.8, 4) is 0 Å². The number of hydrogen-bond acceptors (Lipinski definition) is 4. The topological polar surface area (TPSA) is 67.4 Å². The highest BCUT2D eigenvalue weighted by Crippen LogP contribution is 2.07. The highest BCUT2D eigenvalue weighted by Gasteiger charge is 2.13. The van der Waals surface area contributed by atoms with Crippen LogP contribution in [0, 0.1) is 0 Å². The van der Waals surface area contributed by atoms with Gasteiger partial charge in [-0.05, 0) is 23.9 Å². The minimum absolute atomic E-state index is 0.123. The predicted molar refractivity (Wildman–Crippen MR) is 90.4 cm³/mol. The predicted octanol–water partition coefficient (Wildman–Crippen LogP) is 2.20. The molecule has 0 radical (unpaired) electrons. The van der Waals surface area contributed by atoms with Crippen molar-refractivity contribution in [2.75, 3.05) is 13.1 Å². The first-order chi connectivity index (χ1) is 11.2. The molecule has 5 nitrogen and oxygen atoms in total. The minimum atomic E-state index is -0.539. The van der Waals surface area contributed by atoms with E-state index >= 15 is 0 Å². The number of benzene rings is 1. The van der Waals surface area contributed by atoms with Crippen molar-refractivity contribution in [2.24, 2.45) is 0 Å². The van der Waals surface area contributed by atoms with Gasteiger partial charge in [0.2, 0.25) is 5.91 Å². The minimum Gasteiger partial charge on any atom is -0.364 e. The number of amides is 2. The van der Waals surface area contributed by atoms with E-state index < -0.39 is 6.10 Å². The maximum absolute atomic E-state index is 11.9. The van der Waals surface area contributed by atoms with Gasteiger partial charge in [-0.3, -0.25) is 9.59 Å². The van der Waals surface area contributed by atoms with E-state index in [2.05, 4.69) is 10.6 Å². The van der Waals surface area contributed by atoms with Crippen LogP contribution in [0.15, 0.2) is 47.8 Å². The quantitative estimate of drug-likeness (QED) is 0.728. The van der Waals surface area contributed by atoms with Crippen LogP contribution in [0.3, 0.4) is 0 Å². The molecule has 122 valence electrons. The van der Waals surface area contributed by atoms with Crippen LogP contribution in [0.2, 0.25) is 0 Å². The van der Waals surface area contributed by atoms with Gasteiger partial charge in [0.1, 0.15) is 6.10 Å². The fourth-order valence-electron chi connectivity index (χ4n) is 1.87. The fraction of sp³-hybridized carbons (Fsp3) is 0.294. The molecule has 0 saturated heterocycles. The molecule has 1 heterocycles. The maximum atomic E-state index is 11.9. The highest BCUT2D eigenvalue weighted by molar-refractivity contribution is 7.12. The van der Waals surface area contributed by atoms with Gasteiger partial charge in [-0.1, -0.05) is 36.4 Å². The van der Waals surface area contributed by atoms with Gasteiger partial charge in [0, 0.05) is 13.1 Å². The van der Waals surface area contributed by atoms with Gasteiger partial charge in [0.05, 0.1) is 11.5 Å². The molecule has 0 saturated carbocycles. The van der Waals surface area contributed by atoms with Gasteiger partial charge in [-0.2, -0.15) is 0 Å². The summed E-state index contributed by atoms with van der Waals surface area (Å²) >= 11 is 1.39. The van der Waals surface area contributed by atoms with Crippen LogP contribution in [0.25, 0.3) is 0 Å². The molecule has 2 amide bonds. The Balaban J connectivity index is 1.61. The van der Waals surface area contributed by atoms with Crippen molar-refractivity contribution in [1.82, 2.24) is 10.6 Å². The molecule has 0 aliphatic rings. The Morgan fingerprint density at radius 2 is 1.83 bits per heavy atom. The van der Waals surface area contributed by atoms with Gasteiger partial charge in [-0.15, -0.1) is 11.3 Å². The average Bonchev–Trinajstić information content (AvgIpc) is 3.11. The standard InChI is InChI=1S/C17H20N2O3S/c1-13(22-12-14-6-3-2-4-7-14)16(20)18-9-10-19-17(21)15-8-5-11-23-15/h2-8,11,13H,9-10,12H2,1H3,(H,18,20)(H,19,21). The summed E-state index contributed by atoms with van der Waals surface area (Å²) in [5.74, 6) is -0.311. The number of ether oxygens (including phenoxy) is 1. The molecule has 2 N–H and O–H groups in total. The Bertz CT molecular complexity index is 614. The molecule has 1 unspecified atom stereocenters. The van der Waals surface area contributed by atoms with Crippen molar-refractivity contribution in [1.29, 1.82) is 0 Å². The molecule has 1 atom stereocenters. The van der Waals surface area contributed by atoms with E-state index in [1.54, 1.807) is 13.0 Å². The van der Waals surface area contributed by atoms with Crippen LogP contribution in [0.1, 0.15) is 22.2 Å². The molecule has 6 heteroatoms. The Kier molecular flexibility index (Phi) is 6.77. The molecular formula is C17H20N2O3S. The van der Waals surface area contributed by atoms with Gasteiger partial charge in [-0.25, -0.2) is 0 Å². The van der Waals surface area contributed by atoms with Crippen molar-refractivity contribution in [3.05, 3.63) is 58.3 Å². The van der Waals surface area contributed by atoms with Crippen molar-refractivity contribution >= 4 is 23.2 Å². The van der Waals surface area contributed by atoms with Crippen molar-refractivity contribution in [3.63, 3.8) is 0 Å². The maximum Gasteiger partial charge on any atom is 0.261 e. The summed E-state index contributed by atoms with van der Waals surface area (Å²) < 4.78 is 5.53. The third-order valence-electron chi connectivity index (χ3n) is 3.17. The Morgan fingerprint density at radius 1 is 1.09 bits per heavy atom. The van der Waals surface area contributed by atoms with Crippen LogP contribution < -0.4 is 10.6 Å². The van der Waals surface area contributed by atoms with E-state index in [4.69, 9.17) is 4.74 Å². The molecule has 0 aliphatic heterocycles. The molecule has 0 fully saturated rings. The van der Waals surface area contributed by atoms with Gasteiger partial charge < -0.3 is 15.4 Å². The van der Waals surface area contributed by atoms with E-state index in [0.29, 0.717) is 24.6 Å². The van der Waals surface area contributed by atoms with Crippen LogP contribution in [-0.2, 0) is 16.1 Å². The van der Waals surface area contributed by atoms with E-state index in [0.717, 1.165) is 5.56 Å². The zero-order chi connectivity index (χ0) is 16.5. The van der Waals surface area contributed by atoms with Crippen LogP contribution in [0.4, 0.5) is 0 Å². The zero-order valence-electron chi connectivity index (χ0n) is 13.0. The molecule has 2 aromatic rings. The van der Waals surface area contributed by atoms with E-state index in [9.17, 15) is 9.59 Å². The summed E-state index contributed by atoms with van der Waals surface area (Å²) in [5.41, 5.74) is 1.02. The van der Waals surface area contributed by atoms with Gasteiger partial charge in [0.25, 0.3) is 5.91 Å². The Labute approximate surface area is 139 Å². The molecule has 1 aromatic carbocycles. The second-order valence-corrected chi connectivity index (χ2v) is 5.91. The molecule has 23 heavy (non-hydrogen) atoms. The summed E-state index contributed by atoms with van der Waals surface area (Å²) in [4.78, 5) is 24.3. The molecule has 0 bridgehead atoms. The van der Waals surface area contributed by atoms with E-state index in [1.807, 2.05) is 41.8 Å². The number of hydrogen-bond donors (Lipinski definition) is 2. The van der Waals surface area contributed by atoms with Gasteiger partial charge >= 0.3 is 0 Å². The highest BCUT2D eigenvalue weighted by atomic mass is 32.1. The van der Waals surface area contributed by atoms with E-state index in [-0.39, 0.29) is 11.8 Å². The number of rotatable bonds is 8. The summed E-state index contributed by atoms with van der Waals surface area (Å²) in [7, 11) is 0. The summed E-state index contributed by atoms with van der Waals surface area (Å²) in [6.07, 6.45) is -0.539. The Morgan fingerprint density at radius 3 is 2.52 bits per heavy atom. The Hall–Kier alpha value is -2.18. The monoisotopic (exact) mass is 332 g/mol. The third-order valence-corrected chi connectivity index (χ3v) is 4.04. The lowest BCUT2D eigenvalue weighted by Gasteiger charge is -2.13. The lowest BCUT2D eigenvalue weighted by Crippen LogP contribution is -2.39. The number of nitrogens with one attached hydrogen (secondary N) is 2. The van der Waals surface area contributed by atoms with E-state index in [1.165, 1.54) is 11.3 Å². The molecule has 2 rings (SSSR count). The number of thiophene rings is 1. The van der Waals surface area contributed by atoms with Crippen LogP contribution in [-0.4, -0.2) is 31.0 Å². The largest absolute Gasteiger partial charge is 0.364 e. The average molecular weight is 332 g/mol. The van der Waals surface area contributed by atoms with Crippen LogP contribution in [0.5, 0.6) is 0 Å². The SMILES string of the molecule is CC(OCc1ccccc1)C(=O)NCCNC(=O)c1cccs1. The third kappa shape index (κ3) is 5.84. The second-order valence-electron chi connectivity index (χ2n) is 4.96. The number of carbonyl (C=O) groups is 2. The molecule has 0 spiro atoms. The summed E-state index contributed by atoms with van der Waals surface area (Å²) in [5, 5.41) is 7.35. The van der Waals surface area contributed by atoms with Gasteiger partial charge in [0.15, 0.2) is 0 Å². The first-order valence-corrected chi connectivity index (χ1v) is 8.29. The number of carbonyl (C=O) groups excluding carboxylic acids is 2. The molecular weight excluding hydrogens is 312 g/mol. The summed E-state index contributed by atoms with van der Waals surface area (Å²) in [6, 6.07) is 13.3. The molecule has 1 aromatic heterocycles.